The van der Waals surface area contributed by atoms with E-state index in [0.29, 0.717) is 5.41 Å². The molecule has 0 radical (unpaired) electrons. The van der Waals surface area contributed by atoms with Gasteiger partial charge in [-0.1, -0.05) is 27.7 Å². The van der Waals surface area contributed by atoms with Gasteiger partial charge in [0.15, 0.2) is 0 Å². The van der Waals surface area contributed by atoms with Gasteiger partial charge in [0, 0.05) is 12.6 Å². The van der Waals surface area contributed by atoms with E-state index in [9.17, 15) is 0 Å². The van der Waals surface area contributed by atoms with Crippen LogP contribution in [0.25, 0.3) is 0 Å². The Bertz CT molecular complexity index is 262. The van der Waals surface area contributed by atoms with Crippen LogP contribution >= 0.6 is 0 Å². The molecule has 0 aromatic rings. The SMILES string of the molecule is CCC(C)N(CC)CC1(CC)CC2CC21C. The Morgan fingerprint density at radius 2 is 1.94 bits per heavy atom. The highest BCUT2D eigenvalue weighted by Crippen LogP contribution is 2.78. The molecule has 94 valence electrons. The molecule has 0 spiro atoms. The predicted molar refractivity (Wildman–Crippen MR) is 70.6 cm³/mol. The first-order valence-electron chi connectivity index (χ1n) is 7.27. The summed E-state index contributed by atoms with van der Waals surface area (Å²) in [6, 6.07) is 0.759. The molecule has 1 heteroatoms. The van der Waals surface area contributed by atoms with Gasteiger partial charge in [-0.15, -0.1) is 0 Å². The zero-order valence-corrected chi connectivity index (χ0v) is 11.8. The lowest BCUT2D eigenvalue weighted by Crippen LogP contribution is -2.51. The van der Waals surface area contributed by atoms with Crippen LogP contribution in [-0.4, -0.2) is 24.0 Å². The summed E-state index contributed by atoms with van der Waals surface area (Å²) in [4.78, 5) is 2.71. The van der Waals surface area contributed by atoms with Gasteiger partial charge >= 0.3 is 0 Å². The minimum absolute atomic E-state index is 0.664. The number of hydrogen-bond donors (Lipinski definition) is 0. The maximum atomic E-state index is 2.71. The van der Waals surface area contributed by atoms with Gasteiger partial charge in [-0.3, -0.25) is 0 Å². The third kappa shape index (κ3) is 1.54. The second kappa shape index (κ2) is 4.01. The lowest BCUT2D eigenvalue weighted by molar-refractivity contribution is -0.0227. The van der Waals surface area contributed by atoms with E-state index >= 15 is 0 Å². The third-order valence-electron chi connectivity index (χ3n) is 6.06. The molecule has 0 N–H and O–H groups in total. The molecule has 0 saturated heterocycles. The minimum atomic E-state index is 0.664. The summed E-state index contributed by atoms with van der Waals surface area (Å²) in [6.07, 6.45) is 5.69. The summed E-state index contributed by atoms with van der Waals surface area (Å²) < 4.78 is 0. The van der Waals surface area contributed by atoms with E-state index in [0.717, 1.165) is 17.4 Å². The van der Waals surface area contributed by atoms with Crippen molar-refractivity contribution in [1.82, 2.24) is 4.90 Å². The van der Waals surface area contributed by atoms with Crippen LogP contribution in [0.5, 0.6) is 0 Å². The molecule has 0 heterocycles. The highest BCUT2D eigenvalue weighted by atomic mass is 15.2. The minimum Gasteiger partial charge on any atom is -0.300 e. The Balaban J connectivity index is 2.01. The molecule has 0 amide bonds. The molecule has 0 aromatic heterocycles. The predicted octanol–water partition coefficient (Wildman–Crippen LogP) is 3.93. The molecule has 1 nitrogen and oxygen atoms in total. The molecule has 4 atom stereocenters. The number of rotatable bonds is 6. The average Bonchev–Trinajstić information content (AvgIpc) is 2.85. The van der Waals surface area contributed by atoms with Gasteiger partial charge in [-0.25, -0.2) is 0 Å². The van der Waals surface area contributed by atoms with Crippen LogP contribution in [0.3, 0.4) is 0 Å². The zero-order chi connectivity index (χ0) is 12.0. The fourth-order valence-electron chi connectivity index (χ4n) is 4.11. The van der Waals surface area contributed by atoms with Crippen LogP contribution in [0.15, 0.2) is 0 Å². The van der Waals surface area contributed by atoms with Gasteiger partial charge in [0.1, 0.15) is 0 Å². The van der Waals surface area contributed by atoms with Crippen molar-refractivity contribution in [2.75, 3.05) is 13.1 Å². The summed E-state index contributed by atoms with van der Waals surface area (Å²) in [7, 11) is 0. The molecular weight excluding hydrogens is 194 g/mol. The Kier molecular flexibility index (Phi) is 3.11. The van der Waals surface area contributed by atoms with E-state index in [-0.39, 0.29) is 0 Å². The highest BCUT2D eigenvalue weighted by molar-refractivity contribution is 5.21. The smallest absolute Gasteiger partial charge is 0.00644 e. The van der Waals surface area contributed by atoms with Gasteiger partial charge < -0.3 is 4.90 Å². The zero-order valence-electron chi connectivity index (χ0n) is 11.8. The van der Waals surface area contributed by atoms with Crippen LogP contribution in [0, 0.1) is 16.7 Å². The van der Waals surface area contributed by atoms with Crippen molar-refractivity contribution in [2.24, 2.45) is 16.7 Å². The van der Waals surface area contributed by atoms with Crippen LogP contribution in [0.2, 0.25) is 0 Å². The quantitative estimate of drug-likeness (QED) is 0.659. The molecular formula is C15H29N. The first-order chi connectivity index (χ1) is 7.53. The summed E-state index contributed by atoms with van der Waals surface area (Å²) >= 11 is 0. The van der Waals surface area contributed by atoms with Crippen molar-refractivity contribution in [3.8, 4) is 0 Å². The molecule has 2 saturated carbocycles. The Labute approximate surface area is 102 Å². The molecule has 16 heavy (non-hydrogen) atoms. The lowest BCUT2D eigenvalue weighted by atomic mass is 9.58. The molecule has 0 aromatic carbocycles. The van der Waals surface area contributed by atoms with Crippen molar-refractivity contribution < 1.29 is 0 Å². The number of hydrogen-bond acceptors (Lipinski definition) is 1. The Morgan fingerprint density at radius 1 is 1.25 bits per heavy atom. The van der Waals surface area contributed by atoms with Crippen molar-refractivity contribution in [3.63, 3.8) is 0 Å². The van der Waals surface area contributed by atoms with Crippen molar-refractivity contribution in [2.45, 2.75) is 66.3 Å². The van der Waals surface area contributed by atoms with Crippen LogP contribution in [0.4, 0.5) is 0 Å². The van der Waals surface area contributed by atoms with E-state index in [1.54, 1.807) is 0 Å². The fraction of sp³-hybridized carbons (Fsp3) is 1.00. The summed E-state index contributed by atoms with van der Waals surface area (Å²) in [5.74, 6) is 1.09. The van der Waals surface area contributed by atoms with E-state index in [4.69, 9.17) is 0 Å². The summed E-state index contributed by atoms with van der Waals surface area (Å²) in [5.41, 5.74) is 1.39. The van der Waals surface area contributed by atoms with Gasteiger partial charge in [0.2, 0.25) is 0 Å². The van der Waals surface area contributed by atoms with Crippen LogP contribution < -0.4 is 0 Å². The molecule has 0 aliphatic heterocycles. The average molecular weight is 223 g/mol. The summed E-state index contributed by atoms with van der Waals surface area (Å²) in [5, 5.41) is 0. The normalized spacial score (nSPS) is 42.8. The van der Waals surface area contributed by atoms with Gasteiger partial charge in [0.25, 0.3) is 0 Å². The lowest BCUT2D eigenvalue weighted by Gasteiger charge is -2.51. The van der Waals surface area contributed by atoms with Gasteiger partial charge in [0.05, 0.1) is 0 Å². The third-order valence-corrected chi connectivity index (χ3v) is 6.06. The molecule has 2 aliphatic carbocycles. The Hall–Kier alpha value is -0.0400. The van der Waals surface area contributed by atoms with Crippen LogP contribution in [-0.2, 0) is 0 Å². The largest absolute Gasteiger partial charge is 0.300 e. The fourth-order valence-corrected chi connectivity index (χ4v) is 4.11. The van der Waals surface area contributed by atoms with E-state index < -0.39 is 0 Å². The molecule has 2 aliphatic rings. The second-order valence-corrected chi connectivity index (χ2v) is 6.48. The highest BCUT2D eigenvalue weighted by Gasteiger charge is 2.72. The first kappa shape index (κ1) is 12.4. The monoisotopic (exact) mass is 223 g/mol. The molecule has 2 fully saturated rings. The van der Waals surface area contributed by atoms with Crippen molar-refractivity contribution in [3.05, 3.63) is 0 Å². The molecule has 2 rings (SSSR count). The Morgan fingerprint density at radius 3 is 2.25 bits per heavy atom. The van der Waals surface area contributed by atoms with Crippen LogP contribution in [0.1, 0.15) is 60.3 Å². The van der Waals surface area contributed by atoms with E-state index in [2.05, 4.69) is 39.5 Å². The van der Waals surface area contributed by atoms with Gasteiger partial charge in [-0.05, 0) is 55.9 Å². The second-order valence-electron chi connectivity index (χ2n) is 6.48. The summed E-state index contributed by atoms with van der Waals surface area (Å²) in [6.45, 7) is 14.5. The van der Waals surface area contributed by atoms with Crippen molar-refractivity contribution >= 4 is 0 Å². The van der Waals surface area contributed by atoms with Crippen molar-refractivity contribution in [1.29, 1.82) is 0 Å². The van der Waals surface area contributed by atoms with E-state index in [1.165, 1.54) is 38.8 Å². The first-order valence-corrected chi connectivity index (χ1v) is 7.27. The molecule has 4 unspecified atom stereocenters. The van der Waals surface area contributed by atoms with Gasteiger partial charge in [-0.2, -0.15) is 0 Å². The standard InChI is InChI=1S/C15H29N/c1-6-12(4)16(8-3)11-15(7-2)10-13-9-14(13,15)5/h12-13H,6-11H2,1-5H3. The number of nitrogens with zero attached hydrogens (tertiary/aromatic N) is 1. The number of fused-ring (bicyclic) bond motifs is 1. The molecule has 0 bridgehead atoms. The maximum Gasteiger partial charge on any atom is 0.00644 e. The topological polar surface area (TPSA) is 3.24 Å². The van der Waals surface area contributed by atoms with E-state index in [1.807, 2.05) is 0 Å². The maximum absolute atomic E-state index is 2.71.